The van der Waals surface area contributed by atoms with Gasteiger partial charge in [0.2, 0.25) is 0 Å². The van der Waals surface area contributed by atoms with E-state index >= 15 is 0 Å². The van der Waals surface area contributed by atoms with Gasteiger partial charge in [-0.15, -0.1) is 0 Å². The normalized spacial score (nSPS) is 20.8. The van der Waals surface area contributed by atoms with E-state index < -0.39 is 0 Å². The van der Waals surface area contributed by atoms with Crippen LogP contribution in [0.25, 0.3) is 0 Å². The molecule has 1 unspecified atom stereocenters. The van der Waals surface area contributed by atoms with Crippen molar-refractivity contribution < 1.29 is 0 Å². The predicted molar refractivity (Wildman–Crippen MR) is 65.6 cm³/mol. The summed E-state index contributed by atoms with van der Waals surface area (Å²) in [7, 11) is 0. The van der Waals surface area contributed by atoms with Gasteiger partial charge < -0.3 is 16.8 Å². The molecule has 1 aliphatic carbocycles. The van der Waals surface area contributed by atoms with Crippen molar-refractivity contribution in [2.75, 3.05) is 19.6 Å². The van der Waals surface area contributed by atoms with E-state index in [1.165, 1.54) is 25.7 Å². The first-order valence-electron chi connectivity index (χ1n) is 6.22. The zero-order valence-corrected chi connectivity index (χ0v) is 10.3. The molecule has 1 fully saturated rings. The van der Waals surface area contributed by atoms with Gasteiger partial charge in [0.1, 0.15) is 0 Å². The minimum atomic E-state index is 0.101. The molecule has 0 amide bonds. The molecule has 0 aromatic rings. The zero-order valence-electron chi connectivity index (χ0n) is 10.3. The van der Waals surface area contributed by atoms with E-state index in [1.807, 2.05) is 0 Å². The highest BCUT2D eigenvalue weighted by molar-refractivity contribution is 4.84. The molecule has 3 heteroatoms. The molecule has 1 atom stereocenters. The molecular formula is C12H27N3. The highest BCUT2D eigenvalue weighted by Crippen LogP contribution is 2.38. The molecular weight excluding hydrogens is 186 g/mol. The van der Waals surface area contributed by atoms with Crippen LogP contribution in [0.3, 0.4) is 0 Å². The van der Waals surface area contributed by atoms with E-state index in [0.29, 0.717) is 12.0 Å². The van der Waals surface area contributed by atoms with Crippen molar-refractivity contribution in [3.63, 3.8) is 0 Å². The van der Waals surface area contributed by atoms with Crippen molar-refractivity contribution >= 4 is 0 Å². The van der Waals surface area contributed by atoms with Crippen molar-refractivity contribution in [1.29, 1.82) is 0 Å². The summed E-state index contributed by atoms with van der Waals surface area (Å²) in [6, 6.07) is 0.101. The molecule has 1 saturated carbocycles. The van der Waals surface area contributed by atoms with Crippen LogP contribution in [0, 0.1) is 11.3 Å². The Hall–Kier alpha value is -0.120. The van der Waals surface area contributed by atoms with Crippen LogP contribution in [0.5, 0.6) is 0 Å². The van der Waals surface area contributed by atoms with Crippen LogP contribution >= 0.6 is 0 Å². The monoisotopic (exact) mass is 213 g/mol. The molecule has 0 spiro atoms. The van der Waals surface area contributed by atoms with Gasteiger partial charge in [0.25, 0.3) is 0 Å². The van der Waals surface area contributed by atoms with E-state index in [2.05, 4.69) is 19.2 Å². The molecule has 3 nitrogen and oxygen atoms in total. The SMILES string of the molecule is CC(C)(CNCC(N)CN)C1CCCC1. The quantitative estimate of drug-likeness (QED) is 0.618. The third-order valence-corrected chi connectivity index (χ3v) is 3.75. The van der Waals surface area contributed by atoms with E-state index in [4.69, 9.17) is 11.5 Å². The Morgan fingerprint density at radius 3 is 2.47 bits per heavy atom. The molecule has 0 heterocycles. The standard InChI is InChI=1S/C12H27N3/c1-12(2,10-5-3-4-6-10)9-15-8-11(14)7-13/h10-11,15H,3-9,13-14H2,1-2H3. The maximum Gasteiger partial charge on any atom is 0.0290 e. The fourth-order valence-corrected chi connectivity index (χ4v) is 2.51. The minimum Gasteiger partial charge on any atom is -0.329 e. The van der Waals surface area contributed by atoms with Gasteiger partial charge in [-0.05, 0) is 24.2 Å². The maximum absolute atomic E-state index is 5.77. The summed E-state index contributed by atoms with van der Waals surface area (Å²) in [6.45, 7) is 7.20. The van der Waals surface area contributed by atoms with Crippen LogP contribution in [0.1, 0.15) is 39.5 Å². The van der Waals surface area contributed by atoms with Crippen LogP contribution in [0.2, 0.25) is 0 Å². The Morgan fingerprint density at radius 2 is 1.93 bits per heavy atom. The third kappa shape index (κ3) is 4.09. The van der Waals surface area contributed by atoms with Gasteiger partial charge in [0, 0.05) is 25.7 Å². The molecule has 15 heavy (non-hydrogen) atoms. The summed E-state index contributed by atoms with van der Waals surface area (Å²) < 4.78 is 0. The summed E-state index contributed by atoms with van der Waals surface area (Å²) in [4.78, 5) is 0. The Kier molecular flexibility index (Phi) is 5.03. The summed E-state index contributed by atoms with van der Waals surface area (Å²) >= 11 is 0. The summed E-state index contributed by atoms with van der Waals surface area (Å²) in [5, 5.41) is 3.45. The van der Waals surface area contributed by atoms with Gasteiger partial charge in [-0.2, -0.15) is 0 Å². The topological polar surface area (TPSA) is 64.1 Å². The molecule has 0 radical (unpaired) electrons. The first-order valence-corrected chi connectivity index (χ1v) is 6.22. The van der Waals surface area contributed by atoms with Crippen molar-refractivity contribution in [2.24, 2.45) is 22.8 Å². The predicted octanol–water partition coefficient (Wildman–Crippen LogP) is 1.08. The Balaban J connectivity index is 2.23. The molecule has 1 aliphatic rings. The second kappa shape index (κ2) is 5.83. The largest absolute Gasteiger partial charge is 0.329 e. The number of hydrogen-bond acceptors (Lipinski definition) is 3. The van der Waals surface area contributed by atoms with Gasteiger partial charge in [-0.3, -0.25) is 0 Å². The van der Waals surface area contributed by atoms with Crippen LogP contribution in [0.15, 0.2) is 0 Å². The molecule has 1 rings (SSSR count). The highest BCUT2D eigenvalue weighted by Gasteiger charge is 2.31. The fraction of sp³-hybridized carbons (Fsp3) is 1.00. The molecule has 90 valence electrons. The summed E-state index contributed by atoms with van der Waals surface area (Å²) in [5.74, 6) is 0.888. The lowest BCUT2D eigenvalue weighted by Crippen LogP contribution is -2.43. The van der Waals surface area contributed by atoms with Crippen LogP contribution in [0.4, 0.5) is 0 Å². The van der Waals surface area contributed by atoms with Crippen LogP contribution in [-0.2, 0) is 0 Å². The lowest BCUT2D eigenvalue weighted by Gasteiger charge is -2.32. The van der Waals surface area contributed by atoms with Gasteiger partial charge in [-0.25, -0.2) is 0 Å². The maximum atomic E-state index is 5.77. The Labute approximate surface area is 94.0 Å². The van der Waals surface area contributed by atoms with Crippen molar-refractivity contribution in [3.8, 4) is 0 Å². The average molecular weight is 213 g/mol. The minimum absolute atomic E-state index is 0.101. The molecule has 0 aliphatic heterocycles. The molecule has 0 saturated heterocycles. The third-order valence-electron chi connectivity index (χ3n) is 3.75. The van der Waals surface area contributed by atoms with Gasteiger partial charge >= 0.3 is 0 Å². The van der Waals surface area contributed by atoms with Crippen molar-refractivity contribution in [2.45, 2.75) is 45.6 Å². The van der Waals surface area contributed by atoms with Gasteiger partial charge in [0.15, 0.2) is 0 Å². The summed E-state index contributed by atoms with van der Waals surface area (Å²) in [5.41, 5.74) is 11.7. The molecule has 5 N–H and O–H groups in total. The second-order valence-electron chi connectivity index (χ2n) is 5.60. The fourth-order valence-electron chi connectivity index (χ4n) is 2.51. The van der Waals surface area contributed by atoms with E-state index in [0.717, 1.165) is 19.0 Å². The Morgan fingerprint density at radius 1 is 1.33 bits per heavy atom. The summed E-state index contributed by atoms with van der Waals surface area (Å²) in [6.07, 6.45) is 5.63. The van der Waals surface area contributed by atoms with E-state index in [-0.39, 0.29) is 6.04 Å². The number of nitrogens with two attached hydrogens (primary N) is 2. The van der Waals surface area contributed by atoms with Gasteiger partial charge in [-0.1, -0.05) is 26.7 Å². The smallest absolute Gasteiger partial charge is 0.0290 e. The number of hydrogen-bond donors (Lipinski definition) is 3. The molecule has 0 aromatic carbocycles. The first-order chi connectivity index (χ1) is 7.06. The lowest BCUT2D eigenvalue weighted by atomic mass is 9.77. The average Bonchev–Trinajstić information content (AvgIpc) is 2.70. The van der Waals surface area contributed by atoms with E-state index in [9.17, 15) is 0 Å². The first kappa shape index (κ1) is 12.9. The van der Waals surface area contributed by atoms with E-state index in [1.54, 1.807) is 0 Å². The Bertz CT molecular complexity index is 174. The molecule has 0 aromatic heterocycles. The lowest BCUT2D eigenvalue weighted by molar-refractivity contribution is 0.207. The zero-order chi connectivity index (χ0) is 11.3. The molecule has 0 bridgehead atoms. The van der Waals surface area contributed by atoms with Crippen molar-refractivity contribution in [3.05, 3.63) is 0 Å². The number of rotatable bonds is 6. The van der Waals surface area contributed by atoms with Gasteiger partial charge in [0.05, 0.1) is 0 Å². The van der Waals surface area contributed by atoms with Crippen molar-refractivity contribution in [1.82, 2.24) is 5.32 Å². The van der Waals surface area contributed by atoms with Crippen LogP contribution < -0.4 is 16.8 Å². The second-order valence-corrected chi connectivity index (χ2v) is 5.60. The highest BCUT2D eigenvalue weighted by atomic mass is 14.9. The van der Waals surface area contributed by atoms with Crippen LogP contribution in [-0.4, -0.2) is 25.7 Å². The number of nitrogens with one attached hydrogen (secondary N) is 1.